The first-order valence-electron chi connectivity index (χ1n) is 7.16. The molecule has 1 aliphatic rings. The van der Waals surface area contributed by atoms with Gasteiger partial charge in [-0.3, -0.25) is 4.99 Å². The third kappa shape index (κ3) is 5.19. The van der Waals surface area contributed by atoms with Crippen LogP contribution < -0.4 is 11.1 Å². The highest BCUT2D eigenvalue weighted by molar-refractivity contribution is 7.99. The first kappa shape index (κ1) is 17.1. The number of thioether (sulfide) groups is 1. The SMILES string of the molecule is Cc1cccc(NC(N)=NCCS(=O)(=O)N2CCSCC2)c1. The molecule has 1 aromatic carbocycles. The summed E-state index contributed by atoms with van der Waals surface area (Å²) in [7, 11) is -3.23. The minimum absolute atomic E-state index is 0.00609. The van der Waals surface area contributed by atoms with Crippen molar-refractivity contribution < 1.29 is 8.42 Å². The van der Waals surface area contributed by atoms with E-state index in [1.165, 1.54) is 0 Å². The van der Waals surface area contributed by atoms with Gasteiger partial charge in [0.05, 0.1) is 12.3 Å². The van der Waals surface area contributed by atoms with Crippen LogP contribution in [0, 0.1) is 6.92 Å². The molecule has 1 aliphatic heterocycles. The molecule has 0 unspecified atom stereocenters. The maximum atomic E-state index is 12.2. The Morgan fingerprint density at radius 1 is 1.41 bits per heavy atom. The second-order valence-electron chi connectivity index (χ2n) is 5.09. The third-order valence-corrected chi connectivity index (χ3v) is 6.08. The van der Waals surface area contributed by atoms with Gasteiger partial charge in [0.25, 0.3) is 0 Å². The quantitative estimate of drug-likeness (QED) is 0.618. The van der Waals surface area contributed by atoms with E-state index in [1.54, 1.807) is 16.1 Å². The van der Waals surface area contributed by atoms with Crippen molar-refractivity contribution in [3.05, 3.63) is 29.8 Å². The zero-order valence-corrected chi connectivity index (χ0v) is 14.3. The van der Waals surface area contributed by atoms with Crippen molar-refractivity contribution >= 4 is 33.4 Å². The van der Waals surface area contributed by atoms with Gasteiger partial charge in [-0.25, -0.2) is 12.7 Å². The van der Waals surface area contributed by atoms with E-state index >= 15 is 0 Å². The molecule has 0 spiro atoms. The summed E-state index contributed by atoms with van der Waals surface area (Å²) in [5, 5.41) is 2.96. The van der Waals surface area contributed by atoms with Crippen molar-refractivity contribution in [3.63, 3.8) is 0 Å². The summed E-state index contributed by atoms with van der Waals surface area (Å²) in [4.78, 5) is 4.10. The van der Waals surface area contributed by atoms with Crippen LogP contribution in [0.4, 0.5) is 5.69 Å². The molecular formula is C14H22N4O2S2. The average Bonchev–Trinajstić information content (AvgIpc) is 2.48. The van der Waals surface area contributed by atoms with E-state index in [2.05, 4.69) is 10.3 Å². The number of hydrogen-bond donors (Lipinski definition) is 2. The second kappa shape index (κ2) is 7.85. The lowest BCUT2D eigenvalue weighted by atomic mass is 10.2. The maximum Gasteiger partial charge on any atom is 0.215 e. The number of hydrogen-bond acceptors (Lipinski definition) is 4. The first-order chi connectivity index (χ1) is 10.5. The third-order valence-electron chi connectivity index (χ3n) is 3.29. The van der Waals surface area contributed by atoms with Gasteiger partial charge < -0.3 is 11.1 Å². The largest absolute Gasteiger partial charge is 0.370 e. The molecule has 3 N–H and O–H groups in total. The zero-order valence-electron chi connectivity index (χ0n) is 12.7. The Labute approximate surface area is 136 Å². The van der Waals surface area contributed by atoms with Crippen LogP contribution in [0.1, 0.15) is 5.56 Å². The number of sulfonamides is 1. The van der Waals surface area contributed by atoms with Gasteiger partial charge in [0, 0.05) is 30.3 Å². The number of benzene rings is 1. The molecule has 122 valence electrons. The molecule has 0 aliphatic carbocycles. The van der Waals surface area contributed by atoms with Crippen LogP contribution in [0.5, 0.6) is 0 Å². The summed E-state index contributed by atoms with van der Waals surface area (Å²) >= 11 is 1.78. The van der Waals surface area contributed by atoms with Gasteiger partial charge in [0.2, 0.25) is 10.0 Å². The smallest absolute Gasteiger partial charge is 0.215 e. The molecule has 8 heteroatoms. The van der Waals surface area contributed by atoms with Gasteiger partial charge in [-0.2, -0.15) is 11.8 Å². The highest BCUT2D eigenvalue weighted by Gasteiger charge is 2.23. The number of aliphatic imine (C=N–C) groups is 1. The molecule has 1 fully saturated rings. The molecular weight excluding hydrogens is 320 g/mol. The predicted molar refractivity (Wildman–Crippen MR) is 94.0 cm³/mol. The van der Waals surface area contributed by atoms with Crippen molar-refractivity contribution in [2.45, 2.75) is 6.92 Å². The predicted octanol–water partition coefficient (Wildman–Crippen LogP) is 1.10. The average molecular weight is 342 g/mol. The van der Waals surface area contributed by atoms with Crippen LogP contribution in [0.25, 0.3) is 0 Å². The maximum absolute atomic E-state index is 12.2. The fraction of sp³-hybridized carbons (Fsp3) is 0.500. The second-order valence-corrected chi connectivity index (χ2v) is 8.40. The molecule has 0 bridgehead atoms. The van der Waals surface area contributed by atoms with Gasteiger partial charge in [0.1, 0.15) is 0 Å². The van der Waals surface area contributed by atoms with E-state index in [0.29, 0.717) is 13.1 Å². The van der Waals surface area contributed by atoms with Crippen LogP contribution in [-0.4, -0.2) is 55.6 Å². The Balaban J connectivity index is 1.85. The number of nitrogens with zero attached hydrogens (tertiary/aromatic N) is 2. The summed E-state index contributed by atoms with van der Waals surface area (Å²) < 4.78 is 25.9. The molecule has 1 saturated heterocycles. The van der Waals surface area contributed by atoms with E-state index in [9.17, 15) is 8.42 Å². The molecule has 0 saturated carbocycles. The molecule has 1 heterocycles. The Hall–Kier alpha value is -1.25. The van der Waals surface area contributed by atoms with Crippen molar-refractivity contribution in [1.82, 2.24) is 4.31 Å². The van der Waals surface area contributed by atoms with Crippen LogP contribution in [0.3, 0.4) is 0 Å². The van der Waals surface area contributed by atoms with Gasteiger partial charge in [-0.15, -0.1) is 0 Å². The Bertz CT molecular complexity index is 625. The first-order valence-corrected chi connectivity index (χ1v) is 9.93. The Morgan fingerprint density at radius 2 is 2.14 bits per heavy atom. The molecule has 6 nitrogen and oxygen atoms in total. The summed E-state index contributed by atoms with van der Waals surface area (Å²) in [6.07, 6.45) is 0. The number of nitrogens with one attached hydrogen (secondary N) is 1. The van der Waals surface area contributed by atoms with Crippen LogP contribution in [0.15, 0.2) is 29.3 Å². The number of anilines is 1. The summed E-state index contributed by atoms with van der Waals surface area (Å²) in [6.45, 7) is 3.33. The lowest BCUT2D eigenvalue weighted by Gasteiger charge is -2.25. The molecule has 0 radical (unpaired) electrons. The minimum atomic E-state index is -3.23. The monoisotopic (exact) mass is 342 g/mol. The normalized spacial score (nSPS) is 17.4. The fourth-order valence-electron chi connectivity index (χ4n) is 2.15. The van der Waals surface area contributed by atoms with Crippen molar-refractivity contribution in [2.24, 2.45) is 10.7 Å². The van der Waals surface area contributed by atoms with E-state index in [-0.39, 0.29) is 18.3 Å². The number of rotatable bonds is 5. The molecule has 22 heavy (non-hydrogen) atoms. The van der Waals surface area contributed by atoms with Gasteiger partial charge >= 0.3 is 0 Å². The molecule has 0 aromatic heterocycles. The molecule has 0 amide bonds. The number of aryl methyl sites for hydroxylation is 1. The number of guanidine groups is 1. The Kier molecular flexibility index (Phi) is 6.10. The van der Waals surface area contributed by atoms with Gasteiger partial charge in [0.15, 0.2) is 5.96 Å². The highest BCUT2D eigenvalue weighted by atomic mass is 32.2. The van der Waals surface area contributed by atoms with E-state index in [0.717, 1.165) is 22.8 Å². The number of nitrogens with two attached hydrogens (primary N) is 1. The van der Waals surface area contributed by atoms with E-state index in [4.69, 9.17) is 5.73 Å². The van der Waals surface area contributed by atoms with E-state index in [1.807, 2.05) is 31.2 Å². The van der Waals surface area contributed by atoms with Crippen LogP contribution in [0.2, 0.25) is 0 Å². The lowest BCUT2D eigenvalue weighted by molar-refractivity contribution is 0.444. The molecule has 0 atom stereocenters. The standard InChI is InChI=1S/C14H22N4O2S2/c1-12-3-2-4-13(11-12)17-14(15)16-5-10-22(19,20)18-6-8-21-9-7-18/h2-4,11H,5-10H2,1H3,(H3,15,16,17). The lowest BCUT2D eigenvalue weighted by Crippen LogP contribution is -2.40. The molecule has 1 aromatic rings. The fourth-order valence-corrected chi connectivity index (χ4v) is 4.60. The van der Waals surface area contributed by atoms with Gasteiger partial charge in [-0.05, 0) is 24.6 Å². The minimum Gasteiger partial charge on any atom is -0.370 e. The zero-order chi connectivity index (χ0) is 16.0. The molecule has 2 rings (SSSR count). The van der Waals surface area contributed by atoms with E-state index < -0.39 is 10.0 Å². The van der Waals surface area contributed by atoms with Crippen molar-refractivity contribution in [2.75, 3.05) is 42.2 Å². The topological polar surface area (TPSA) is 87.8 Å². The Morgan fingerprint density at radius 3 is 2.82 bits per heavy atom. The summed E-state index contributed by atoms with van der Waals surface area (Å²) in [5.41, 5.74) is 7.75. The van der Waals surface area contributed by atoms with Crippen molar-refractivity contribution in [3.8, 4) is 0 Å². The van der Waals surface area contributed by atoms with Crippen LogP contribution in [-0.2, 0) is 10.0 Å². The van der Waals surface area contributed by atoms with Gasteiger partial charge in [-0.1, -0.05) is 12.1 Å². The summed E-state index contributed by atoms with van der Waals surface area (Å²) in [6, 6.07) is 7.74. The summed E-state index contributed by atoms with van der Waals surface area (Å²) in [5.74, 6) is 1.95. The van der Waals surface area contributed by atoms with Crippen LogP contribution >= 0.6 is 11.8 Å². The van der Waals surface area contributed by atoms with Crippen molar-refractivity contribution in [1.29, 1.82) is 0 Å². The highest BCUT2D eigenvalue weighted by Crippen LogP contribution is 2.13.